The van der Waals surface area contributed by atoms with Crippen molar-refractivity contribution in [2.75, 3.05) is 6.54 Å². The molecule has 1 saturated carbocycles. The molecule has 0 aromatic heterocycles. The van der Waals surface area contributed by atoms with Crippen LogP contribution >= 0.6 is 0 Å². The second-order valence-corrected chi connectivity index (χ2v) is 3.98. The summed E-state index contributed by atoms with van der Waals surface area (Å²) in [5.41, 5.74) is 0. The molecule has 4 nitrogen and oxygen atoms in total. The van der Waals surface area contributed by atoms with E-state index < -0.39 is 5.92 Å². The Labute approximate surface area is 77.1 Å². The summed E-state index contributed by atoms with van der Waals surface area (Å²) in [6.07, 6.45) is 2.13. The lowest BCUT2D eigenvalue weighted by atomic mass is 9.97. The fraction of sp³-hybridized carbons (Fsp3) is 0.778. The molecular weight excluding hydrogens is 168 g/mol. The summed E-state index contributed by atoms with van der Waals surface area (Å²) in [5, 5.41) is 5.55. The second kappa shape index (κ2) is 3.01. The summed E-state index contributed by atoms with van der Waals surface area (Å²) < 4.78 is 0. The van der Waals surface area contributed by atoms with Crippen molar-refractivity contribution in [2.24, 2.45) is 11.8 Å². The van der Waals surface area contributed by atoms with Crippen molar-refractivity contribution >= 4 is 11.8 Å². The lowest BCUT2D eigenvalue weighted by Gasteiger charge is -2.11. The molecule has 72 valence electrons. The van der Waals surface area contributed by atoms with Crippen LogP contribution in [-0.4, -0.2) is 24.4 Å². The Balaban J connectivity index is 1.96. The Morgan fingerprint density at radius 3 is 2.69 bits per heavy atom. The Hall–Kier alpha value is -1.06. The number of rotatable bonds is 2. The minimum Gasteiger partial charge on any atom is -0.355 e. The smallest absolute Gasteiger partial charge is 0.233 e. The standard InChI is InChI=1S/C9H14N2O2/c1-5-4-10-8(12)7(5)9(13)11-6-2-3-6/h5-7H,2-4H2,1H3,(H,10,12)(H,11,13)/t5-,7?/m0/s1. The molecule has 1 aliphatic carbocycles. The van der Waals surface area contributed by atoms with Gasteiger partial charge in [-0.2, -0.15) is 0 Å². The number of hydrogen-bond acceptors (Lipinski definition) is 2. The third-order valence-corrected chi connectivity index (χ3v) is 2.66. The van der Waals surface area contributed by atoms with E-state index in [9.17, 15) is 9.59 Å². The number of carbonyl (C=O) groups is 2. The van der Waals surface area contributed by atoms with Gasteiger partial charge in [-0.15, -0.1) is 0 Å². The van der Waals surface area contributed by atoms with E-state index in [-0.39, 0.29) is 17.7 Å². The van der Waals surface area contributed by atoms with Crippen LogP contribution < -0.4 is 10.6 Å². The molecule has 2 N–H and O–H groups in total. The first-order valence-electron chi connectivity index (χ1n) is 4.76. The molecule has 1 saturated heterocycles. The molecule has 2 fully saturated rings. The number of carbonyl (C=O) groups excluding carboxylic acids is 2. The Morgan fingerprint density at radius 2 is 2.23 bits per heavy atom. The highest BCUT2D eigenvalue weighted by Crippen LogP contribution is 2.22. The zero-order valence-corrected chi connectivity index (χ0v) is 7.67. The van der Waals surface area contributed by atoms with Gasteiger partial charge in [0.15, 0.2) is 0 Å². The fourth-order valence-corrected chi connectivity index (χ4v) is 1.64. The average Bonchev–Trinajstić information content (AvgIpc) is 2.79. The highest BCUT2D eigenvalue weighted by molar-refractivity contribution is 6.02. The maximum Gasteiger partial charge on any atom is 0.233 e. The third-order valence-electron chi connectivity index (χ3n) is 2.66. The largest absolute Gasteiger partial charge is 0.355 e. The molecule has 13 heavy (non-hydrogen) atoms. The molecule has 2 rings (SSSR count). The van der Waals surface area contributed by atoms with Gasteiger partial charge in [0.05, 0.1) is 0 Å². The molecule has 2 amide bonds. The first kappa shape index (κ1) is 8.53. The molecule has 2 atom stereocenters. The van der Waals surface area contributed by atoms with Gasteiger partial charge >= 0.3 is 0 Å². The van der Waals surface area contributed by atoms with Gasteiger partial charge in [-0.25, -0.2) is 0 Å². The first-order valence-corrected chi connectivity index (χ1v) is 4.76. The van der Waals surface area contributed by atoms with Crippen LogP contribution in [0.2, 0.25) is 0 Å². The van der Waals surface area contributed by atoms with Gasteiger partial charge in [-0.05, 0) is 18.8 Å². The quantitative estimate of drug-likeness (QED) is 0.573. The van der Waals surface area contributed by atoms with E-state index in [2.05, 4.69) is 10.6 Å². The summed E-state index contributed by atoms with van der Waals surface area (Å²) in [5.74, 6) is -0.539. The van der Waals surface area contributed by atoms with Gasteiger partial charge in [-0.1, -0.05) is 6.92 Å². The van der Waals surface area contributed by atoms with E-state index in [0.717, 1.165) is 12.8 Å². The zero-order chi connectivity index (χ0) is 9.42. The van der Waals surface area contributed by atoms with Crippen molar-refractivity contribution in [3.8, 4) is 0 Å². The van der Waals surface area contributed by atoms with E-state index in [1.807, 2.05) is 6.92 Å². The van der Waals surface area contributed by atoms with Gasteiger partial charge in [0.25, 0.3) is 0 Å². The highest BCUT2D eigenvalue weighted by atomic mass is 16.2. The van der Waals surface area contributed by atoms with Crippen LogP contribution in [0.4, 0.5) is 0 Å². The molecule has 1 unspecified atom stereocenters. The van der Waals surface area contributed by atoms with E-state index in [1.165, 1.54) is 0 Å². The Bertz CT molecular complexity index is 248. The molecule has 0 aromatic carbocycles. The maximum absolute atomic E-state index is 11.5. The molecule has 0 spiro atoms. The molecular formula is C9H14N2O2. The van der Waals surface area contributed by atoms with Crippen LogP contribution in [0.3, 0.4) is 0 Å². The normalized spacial score (nSPS) is 32.8. The van der Waals surface area contributed by atoms with Crippen LogP contribution in [0, 0.1) is 11.8 Å². The van der Waals surface area contributed by atoms with Crippen molar-refractivity contribution in [3.05, 3.63) is 0 Å². The minimum atomic E-state index is -0.458. The van der Waals surface area contributed by atoms with Crippen molar-refractivity contribution < 1.29 is 9.59 Å². The van der Waals surface area contributed by atoms with Crippen LogP contribution in [0.25, 0.3) is 0 Å². The minimum absolute atomic E-state index is 0.0926. The van der Waals surface area contributed by atoms with Gasteiger partial charge < -0.3 is 10.6 Å². The van der Waals surface area contributed by atoms with E-state index >= 15 is 0 Å². The molecule has 0 aromatic rings. The second-order valence-electron chi connectivity index (χ2n) is 3.98. The van der Waals surface area contributed by atoms with Crippen LogP contribution in [0.1, 0.15) is 19.8 Å². The summed E-state index contributed by atoms with van der Waals surface area (Å²) in [6.45, 7) is 2.55. The summed E-state index contributed by atoms with van der Waals surface area (Å²) >= 11 is 0. The van der Waals surface area contributed by atoms with Crippen LogP contribution in [-0.2, 0) is 9.59 Å². The first-order chi connectivity index (χ1) is 6.18. The van der Waals surface area contributed by atoms with Gasteiger partial charge in [0, 0.05) is 12.6 Å². The number of hydrogen-bond donors (Lipinski definition) is 2. The van der Waals surface area contributed by atoms with Crippen molar-refractivity contribution in [1.29, 1.82) is 0 Å². The van der Waals surface area contributed by atoms with Crippen LogP contribution in [0.5, 0.6) is 0 Å². The summed E-state index contributed by atoms with van der Waals surface area (Å²) in [6, 6.07) is 0.341. The number of nitrogens with one attached hydrogen (secondary N) is 2. The SMILES string of the molecule is C[C@H]1CNC(=O)C1C(=O)NC1CC1. The van der Waals surface area contributed by atoms with Crippen molar-refractivity contribution in [3.63, 3.8) is 0 Å². The Morgan fingerprint density at radius 1 is 1.54 bits per heavy atom. The fourth-order valence-electron chi connectivity index (χ4n) is 1.64. The van der Waals surface area contributed by atoms with Crippen molar-refractivity contribution in [2.45, 2.75) is 25.8 Å². The van der Waals surface area contributed by atoms with E-state index in [0.29, 0.717) is 12.6 Å². The predicted octanol–water partition coefficient (Wildman–Crippen LogP) is -0.353. The zero-order valence-electron chi connectivity index (χ0n) is 7.67. The van der Waals surface area contributed by atoms with Gasteiger partial charge in [0.1, 0.15) is 5.92 Å². The topological polar surface area (TPSA) is 58.2 Å². The van der Waals surface area contributed by atoms with Gasteiger partial charge in [0.2, 0.25) is 11.8 Å². The predicted molar refractivity (Wildman–Crippen MR) is 46.8 cm³/mol. The molecule has 1 aliphatic heterocycles. The third kappa shape index (κ3) is 1.66. The monoisotopic (exact) mass is 182 g/mol. The average molecular weight is 182 g/mol. The van der Waals surface area contributed by atoms with E-state index in [1.54, 1.807) is 0 Å². The van der Waals surface area contributed by atoms with Gasteiger partial charge in [-0.3, -0.25) is 9.59 Å². The highest BCUT2D eigenvalue weighted by Gasteiger charge is 2.39. The molecule has 4 heteroatoms. The maximum atomic E-state index is 11.5. The lowest BCUT2D eigenvalue weighted by Crippen LogP contribution is -2.38. The van der Waals surface area contributed by atoms with Crippen LogP contribution in [0.15, 0.2) is 0 Å². The molecule has 0 radical (unpaired) electrons. The number of amides is 2. The molecule has 2 aliphatic rings. The summed E-state index contributed by atoms with van der Waals surface area (Å²) in [7, 11) is 0. The molecule has 0 bridgehead atoms. The van der Waals surface area contributed by atoms with Crippen molar-refractivity contribution in [1.82, 2.24) is 10.6 Å². The lowest BCUT2D eigenvalue weighted by molar-refractivity contribution is -0.134. The molecule has 1 heterocycles. The summed E-state index contributed by atoms with van der Waals surface area (Å²) in [4.78, 5) is 22.8. The van der Waals surface area contributed by atoms with E-state index in [4.69, 9.17) is 0 Å². The Kier molecular flexibility index (Phi) is 1.98.